The maximum Gasteiger partial charge on any atom is 0.0943 e. The van der Waals surface area contributed by atoms with Crippen molar-refractivity contribution in [3.8, 4) is 0 Å². The Morgan fingerprint density at radius 2 is 2.18 bits per heavy atom. The molecule has 1 aromatic rings. The molecule has 0 spiro atoms. The first kappa shape index (κ1) is 13.0. The maximum absolute atomic E-state index is 4.56. The zero-order valence-corrected chi connectivity index (χ0v) is 12.1. The SMILES string of the molecule is CC(C)c1cnc(CC2CN(C)CCN2C)s1. The van der Waals surface area contributed by atoms with Gasteiger partial charge in [-0.15, -0.1) is 11.3 Å². The second-order valence-corrected chi connectivity index (χ2v) is 6.56. The number of likely N-dealkylation sites (N-methyl/N-ethyl adjacent to an activating group) is 2. The molecule has 2 heterocycles. The van der Waals surface area contributed by atoms with E-state index in [1.54, 1.807) is 0 Å². The van der Waals surface area contributed by atoms with E-state index in [2.05, 4.69) is 48.9 Å². The Labute approximate surface area is 108 Å². The quantitative estimate of drug-likeness (QED) is 0.822. The van der Waals surface area contributed by atoms with Crippen LogP contribution in [0.4, 0.5) is 0 Å². The van der Waals surface area contributed by atoms with Gasteiger partial charge in [-0.1, -0.05) is 13.8 Å². The number of nitrogens with zero attached hydrogens (tertiary/aromatic N) is 3. The van der Waals surface area contributed by atoms with Crippen molar-refractivity contribution >= 4 is 11.3 Å². The van der Waals surface area contributed by atoms with Crippen molar-refractivity contribution in [2.75, 3.05) is 33.7 Å². The summed E-state index contributed by atoms with van der Waals surface area (Å²) in [7, 11) is 4.44. The lowest BCUT2D eigenvalue weighted by Crippen LogP contribution is -2.50. The molecule has 0 amide bonds. The van der Waals surface area contributed by atoms with Gasteiger partial charge in [-0.3, -0.25) is 0 Å². The van der Waals surface area contributed by atoms with Crippen molar-refractivity contribution in [1.29, 1.82) is 0 Å². The first-order chi connectivity index (χ1) is 8.06. The van der Waals surface area contributed by atoms with Crippen LogP contribution in [0.5, 0.6) is 0 Å². The molecule has 1 aromatic heterocycles. The monoisotopic (exact) mass is 253 g/mol. The molecule has 0 aliphatic carbocycles. The Morgan fingerprint density at radius 3 is 2.82 bits per heavy atom. The van der Waals surface area contributed by atoms with Gasteiger partial charge in [-0.2, -0.15) is 0 Å². The minimum Gasteiger partial charge on any atom is -0.304 e. The lowest BCUT2D eigenvalue weighted by Gasteiger charge is -2.37. The molecular weight excluding hydrogens is 230 g/mol. The highest BCUT2D eigenvalue weighted by molar-refractivity contribution is 7.11. The molecule has 0 aromatic carbocycles. The van der Waals surface area contributed by atoms with Crippen molar-refractivity contribution in [2.45, 2.75) is 32.2 Å². The summed E-state index contributed by atoms with van der Waals surface area (Å²) >= 11 is 1.88. The third-order valence-electron chi connectivity index (χ3n) is 3.53. The van der Waals surface area contributed by atoms with Crippen molar-refractivity contribution in [1.82, 2.24) is 14.8 Å². The third kappa shape index (κ3) is 3.27. The molecular formula is C13H23N3S. The fourth-order valence-corrected chi connectivity index (χ4v) is 3.20. The number of thiazole rings is 1. The summed E-state index contributed by atoms with van der Waals surface area (Å²) in [4.78, 5) is 10.9. The van der Waals surface area contributed by atoms with Crippen molar-refractivity contribution < 1.29 is 0 Å². The molecule has 1 saturated heterocycles. The topological polar surface area (TPSA) is 19.4 Å². The summed E-state index contributed by atoms with van der Waals surface area (Å²) in [5, 5.41) is 1.29. The van der Waals surface area contributed by atoms with Crippen LogP contribution in [-0.2, 0) is 6.42 Å². The average Bonchev–Trinajstić information content (AvgIpc) is 2.72. The summed E-state index contributed by atoms with van der Waals surface area (Å²) in [6, 6.07) is 0.625. The van der Waals surface area contributed by atoms with Gasteiger partial charge in [-0.25, -0.2) is 4.98 Å². The highest BCUT2D eigenvalue weighted by atomic mass is 32.1. The molecule has 1 aliphatic rings. The van der Waals surface area contributed by atoms with Gasteiger partial charge in [0.25, 0.3) is 0 Å². The minimum absolute atomic E-state index is 0.605. The van der Waals surface area contributed by atoms with Gasteiger partial charge in [0.05, 0.1) is 5.01 Å². The molecule has 0 radical (unpaired) electrons. The molecule has 2 rings (SSSR count). The molecule has 0 N–H and O–H groups in total. The second kappa shape index (κ2) is 5.46. The first-order valence-electron chi connectivity index (χ1n) is 6.39. The van der Waals surface area contributed by atoms with Gasteiger partial charge in [0.15, 0.2) is 0 Å². The summed E-state index contributed by atoms with van der Waals surface area (Å²) in [6.45, 7) is 7.98. The fourth-order valence-electron chi connectivity index (χ4n) is 2.21. The van der Waals surface area contributed by atoms with E-state index in [9.17, 15) is 0 Å². The third-order valence-corrected chi connectivity index (χ3v) is 4.85. The normalized spacial score (nSPS) is 23.5. The Kier molecular flexibility index (Phi) is 4.17. The smallest absolute Gasteiger partial charge is 0.0943 e. The van der Waals surface area contributed by atoms with Gasteiger partial charge in [0, 0.05) is 43.2 Å². The number of hydrogen-bond acceptors (Lipinski definition) is 4. The number of aromatic nitrogens is 1. The van der Waals surface area contributed by atoms with Crippen LogP contribution in [0.1, 0.15) is 29.7 Å². The molecule has 1 fully saturated rings. The lowest BCUT2D eigenvalue weighted by atomic mass is 10.1. The Hall–Kier alpha value is -0.450. The summed E-state index contributed by atoms with van der Waals surface area (Å²) in [5.41, 5.74) is 0. The van der Waals surface area contributed by atoms with Crippen LogP contribution in [0.2, 0.25) is 0 Å². The minimum atomic E-state index is 0.605. The van der Waals surface area contributed by atoms with E-state index in [0.717, 1.165) is 13.0 Å². The highest BCUT2D eigenvalue weighted by Gasteiger charge is 2.23. The van der Waals surface area contributed by atoms with E-state index in [1.807, 2.05) is 11.3 Å². The summed E-state index contributed by atoms with van der Waals surface area (Å²) in [5.74, 6) is 0.605. The molecule has 0 saturated carbocycles. The molecule has 3 nitrogen and oxygen atoms in total. The van der Waals surface area contributed by atoms with Crippen LogP contribution >= 0.6 is 11.3 Å². The van der Waals surface area contributed by atoms with Gasteiger partial charge in [0.2, 0.25) is 0 Å². The zero-order valence-electron chi connectivity index (χ0n) is 11.3. The first-order valence-corrected chi connectivity index (χ1v) is 7.21. The van der Waals surface area contributed by atoms with Crippen LogP contribution < -0.4 is 0 Å². The predicted molar refractivity (Wildman–Crippen MR) is 73.8 cm³/mol. The van der Waals surface area contributed by atoms with E-state index in [1.165, 1.54) is 23.0 Å². The number of rotatable bonds is 3. The Balaban J connectivity index is 1.98. The standard InChI is InChI=1S/C13H23N3S/c1-10(2)12-8-14-13(17-12)7-11-9-15(3)5-6-16(11)4/h8,10-11H,5-7,9H2,1-4H3. The Bertz CT molecular complexity index is 361. The molecule has 96 valence electrons. The highest BCUT2D eigenvalue weighted by Crippen LogP contribution is 2.23. The summed E-state index contributed by atoms with van der Waals surface area (Å²) < 4.78 is 0. The molecule has 0 bridgehead atoms. The van der Waals surface area contributed by atoms with Crippen LogP contribution in [-0.4, -0.2) is 54.6 Å². The van der Waals surface area contributed by atoms with Gasteiger partial charge >= 0.3 is 0 Å². The van der Waals surface area contributed by atoms with Crippen LogP contribution in [0, 0.1) is 0 Å². The van der Waals surface area contributed by atoms with E-state index in [-0.39, 0.29) is 0 Å². The second-order valence-electron chi connectivity index (χ2n) is 5.41. The van der Waals surface area contributed by atoms with Crippen molar-refractivity contribution in [3.63, 3.8) is 0 Å². The van der Waals surface area contributed by atoms with E-state index < -0.39 is 0 Å². The molecule has 4 heteroatoms. The van der Waals surface area contributed by atoms with Gasteiger partial charge < -0.3 is 9.80 Å². The van der Waals surface area contributed by atoms with E-state index in [4.69, 9.17) is 0 Å². The van der Waals surface area contributed by atoms with E-state index in [0.29, 0.717) is 12.0 Å². The maximum atomic E-state index is 4.56. The molecule has 1 unspecified atom stereocenters. The molecule has 1 atom stereocenters. The number of piperazine rings is 1. The van der Waals surface area contributed by atoms with Crippen LogP contribution in [0.3, 0.4) is 0 Å². The van der Waals surface area contributed by atoms with Crippen LogP contribution in [0.25, 0.3) is 0 Å². The fraction of sp³-hybridized carbons (Fsp3) is 0.769. The zero-order chi connectivity index (χ0) is 12.4. The largest absolute Gasteiger partial charge is 0.304 e. The van der Waals surface area contributed by atoms with Crippen molar-refractivity contribution in [3.05, 3.63) is 16.1 Å². The van der Waals surface area contributed by atoms with Gasteiger partial charge in [-0.05, 0) is 20.0 Å². The summed E-state index contributed by atoms with van der Waals surface area (Å²) in [6.07, 6.45) is 3.15. The number of hydrogen-bond donors (Lipinski definition) is 0. The molecule has 17 heavy (non-hydrogen) atoms. The lowest BCUT2D eigenvalue weighted by molar-refractivity contribution is 0.114. The van der Waals surface area contributed by atoms with Crippen molar-refractivity contribution in [2.24, 2.45) is 0 Å². The predicted octanol–water partition coefficient (Wildman–Crippen LogP) is 2.05. The molecule has 1 aliphatic heterocycles. The average molecular weight is 253 g/mol. The van der Waals surface area contributed by atoms with E-state index >= 15 is 0 Å². The Morgan fingerprint density at radius 1 is 1.41 bits per heavy atom. The van der Waals surface area contributed by atoms with Gasteiger partial charge in [0.1, 0.15) is 0 Å². The van der Waals surface area contributed by atoms with Crippen LogP contribution in [0.15, 0.2) is 6.20 Å².